The Balaban J connectivity index is 1.18. The maximum Gasteiger partial charge on any atom is 0.0737 e. The molecular weight excluding hydrogens is 609 g/mol. The van der Waals surface area contributed by atoms with Gasteiger partial charge < -0.3 is 10.6 Å². The van der Waals surface area contributed by atoms with Gasteiger partial charge in [-0.05, 0) is 61.5 Å². The molecule has 0 fully saturated rings. The lowest BCUT2D eigenvalue weighted by Gasteiger charge is -2.23. The van der Waals surface area contributed by atoms with Gasteiger partial charge >= 0.3 is 0 Å². The molecule has 0 aliphatic carbocycles. The summed E-state index contributed by atoms with van der Waals surface area (Å²) in [7, 11) is 0. The first-order valence-electron chi connectivity index (χ1n) is 17.9. The number of aromatic nitrogens is 2. The first-order chi connectivity index (χ1) is 22.6. The fourth-order valence-corrected chi connectivity index (χ4v) is 6.62. The Bertz CT molecular complexity index is 1340. The number of rotatable bonds is 24. The van der Waals surface area contributed by atoms with Crippen LogP contribution in [-0.2, 0) is 0 Å². The molecule has 0 radical (unpaired) electrons. The largest absolute Gasteiger partial charge is 0.383 e. The number of unbranched alkanes of at least 4 members (excludes halogenated alkanes) is 14. The topological polar surface area (TPSA) is 53.1 Å². The molecule has 2 aromatic carbocycles. The summed E-state index contributed by atoms with van der Waals surface area (Å²) >= 11 is 12.4. The first kappa shape index (κ1) is 36.2. The van der Waals surface area contributed by atoms with Crippen molar-refractivity contribution in [3.8, 4) is 0 Å². The number of anilines is 2. The maximum absolute atomic E-state index is 6.20. The Kier molecular flexibility index (Phi) is 16.8. The van der Waals surface area contributed by atoms with E-state index >= 15 is 0 Å². The number of pyridine rings is 2. The van der Waals surface area contributed by atoms with Crippen LogP contribution in [0, 0.1) is 0 Å². The third kappa shape index (κ3) is 12.9. The van der Waals surface area contributed by atoms with Crippen LogP contribution >= 0.6 is 23.2 Å². The average molecular weight is 665 g/mol. The molecule has 0 saturated carbocycles. The van der Waals surface area contributed by atoms with Crippen molar-refractivity contribution in [2.45, 2.75) is 103 Å². The minimum Gasteiger partial charge on any atom is -0.383 e. The van der Waals surface area contributed by atoms with Crippen LogP contribution in [0.5, 0.6) is 0 Å². The number of benzene rings is 2. The number of nitrogens with zero attached hydrogens (tertiary/aromatic N) is 3. The van der Waals surface area contributed by atoms with E-state index in [9.17, 15) is 0 Å². The summed E-state index contributed by atoms with van der Waals surface area (Å²) in [6.07, 6.45) is 24.6. The Hall–Kier alpha value is -2.60. The van der Waals surface area contributed by atoms with Crippen molar-refractivity contribution >= 4 is 56.4 Å². The third-order valence-corrected chi connectivity index (χ3v) is 9.44. The van der Waals surface area contributed by atoms with Gasteiger partial charge in [0.25, 0.3) is 0 Å². The summed E-state index contributed by atoms with van der Waals surface area (Å²) in [5.41, 5.74) is 4.05. The summed E-state index contributed by atoms with van der Waals surface area (Å²) in [6.45, 7) is 7.10. The Morgan fingerprint density at radius 2 is 0.935 bits per heavy atom. The van der Waals surface area contributed by atoms with E-state index in [2.05, 4.69) is 56.7 Å². The van der Waals surface area contributed by atoms with Crippen molar-refractivity contribution in [3.63, 3.8) is 0 Å². The van der Waals surface area contributed by atoms with Crippen molar-refractivity contribution < 1.29 is 0 Å². The number of hydrogen-bond donors (Lipinski definition) is 2. The molecule has 0 aliphatic heterocycles. The van der Waals surface area contributed by atoms with Crippen LogP contribution in [0.1, 0.15) is 103 Å². The molecule has 2 heterocycles. The second-order valence-electron chi connectivity index (χ2n) is 12.7. The lowest BCUT2D eigenvalue weighted by atomic mass is 10.0. The molecule has 0 aliphatic rings. The summed E-state index contributed by atoms with van der Waals surface area (Å²) in [5, 5.41) is 11.0. The first-order valence-corrected chi connectivity index (χ1v) is 18.7. The smallest absolute Gasteiger partial charge is 0.0737 e. The second-order valence-corrected chi connectivity index (χ2v) is 13.6. The van der Waals surface area contributed by atoms with Crippen LogP contribution in [0.2, 0.25) is 10.0 Å². The summed E-state index contributed by atoms with van der Waals surface area (Å²) in [4.78, 5) is 11.6. The number of fused-ring (bicyclic) bond motifs is 2. The molecule has 5 nitrogen and oxygen atoms in total. The standard InChI is InChI=1S/C39H55Cl2N5/c1-2-3-4-5-6-7-8-9-10-11-12-13-14-15-16-27-46(28-25-44-36-21-23-42-38-30-32(40)17-19-34(36)38)29-26-45-37-22-24-43-39-31-33(41)18-20-35(37)39/h17-24,30-31H,2-16,25-29H2,1H3,(H,42,44)(H,43,45). The SMILES string of the molecule is CCCCCCCCCCCCCCCCCN(CCNc1ccnc2cc(Cl)ccc12)CCNc1ccnc2cc(Cl)ccc12. The van der Waals surface area contributed by atoms with Crippen molar-refractivity contribution in [1.29, 1.82) is 0 Å². The Morgan fingerprint density at radius 1 is 0.522 bits per heavy atom. The molecule has 4 aromatic rings. The van der Waals surface area contributed by atoms with E-state index in [1.54, 1.807) is 0 Å². The molecule has 2 aromatic heterocycles. The fraction of sp³-hybridized carbons (Fsp3) is 0.538. The van der Waals surface area contributed by atoms with Crippen molar-refractivity contribution in [3.05, 3.63) is 71.0 Å². The molecule has 7 heteroatoms. The van der Waals surface area contributed by atoms with Crippen LogP contribution in [0.25, 0.3) is 21.8 Å². The van der Waals surface area contributed by atoms with E-state index in [1.807, 2.05) is 36.7 Å². The summed E-state index contributed by atoms with van der Waals surface area (Å²) in [5.74, 6) is 0. The highest BCUT2D eigenvalue weighted by atomic mass is 35.5. The Morgan fingerprint density at radius 3 is 1.37 bits per heavy atom. The van der Waals surface area contributed by atoms with Gasteiger partial charge in [0.15, 0.2) is 0 Å². The van der Waals surface area contributed by atoms with E-state index in [0.29, 0.717) is 10.0 Å². The molecule has 4 rings (SSSR count). The minimum atomic E-state index is 0.712. The quantitative estimate of drug-likeness (QED) is 0.0730. The molecule has 2 N–H and O–H groups in total. The molecule has 46 heavy (non-hydrogen) atoms. The zero-order valence-electron chi connectivity index (χ0n) is 28.0. The fourth-order valence-electron chi connectivity index (χ4n) is 6.29. The molecule has 0 spiro atoms. The monoisotopic (exact) mass is 663 g/mol. The van der Waals surface area contributed by atoms with Gasteiger partial charge in [-0.15, -0.1) is 0 Å². The van der Waals surface area contributed by atoms with Crippen molar-refractivity contribution in [1.82, 2.24) is 14.9 Å². The molecule has 0 bridgehead atoms. The predicted octanol–water partition coefficient (Wildman–Crippen LogP) is 11.8. The van der Waals surface area contributed by atoms with E-state index in [0.717, 1.165) is 65.9 Å². The average Bonchev–Trinajstić information content (AvgIpc) is 3.06. The lowest BCUT2D eigenvalue weighted by molar-refractivity contribution is 0.286. The van der Waals surface area contributed by atoms with Crippen LogP contribution in [-0.4, -0.2) is 47.6 Å². The van der Waals surface area contributed by atoms with E-state index in [-0.39, 0.29) is 0 Å². The number of halogens is 2. The zero-order valence-corrected chi connectivity index (χ0v) is 29.5. The maximum atomic E-state index is 6.20. The van der Waals surface area contributed by atoms with Gasteiger partial charge in [-0.3, -0.25) is 14.9 Å². The van der Waals surface area contributed by atoms with E-state index < -0.39 is 0 Å². The number of nitrogens with one attached hydrogen (secondary N) is 2. The van der Waals surface area contributed by atoms with Crippen LogP contribution in [0.15, 0.2) is 60.9 Å². The van der Waals surface area contributed by atoms with Crippen molar-refractivity contribution in [2.75, 3.05) is 43.4 Å². The van der Waals surface area contributed by atoms with Gasteiger partial charge in [0.05, 0.1) is 11.0 Å². The minimum absolute atomic E-state index is 0.712. The van der Waals surface area contributed by atoms with Gasteiger partial charge in [0, 0.05) is 70.8 Å². The van der Waals surface area contributed by atoms with Gasteiger partial charge in [-0.1, -0.05) is 120 Å². The van der Waals surface area contributed by atoms with E-state index in [4.69, 9.17) is 23.2 Å². The molecule has 0 unspecified atom stereocenters. The molecular formula is C39H55Cl2N5. The third-order valence-electron chi connectivity index (χ3n) is 8.97. The molecule has 250 valence electrons. The zero-order chi connectivity index (χ0) is 32.2. The normalized spacial score (nSPS) is 11.6. The highest BCUT2D eigenvalue weighted by Crippen LogP contribution is 2.25. The van der Waals surface area contributed by atoms with Crippen LogP contribution in [0.3, 0.4) is 0 Å². The lowest BCUT2D eigenvalue weighted by Crippen LogP contribution is -2.34. The van der Waals surface area contributed by atoms with Crippen LogP contribution in [0.4, 0.5) is 11.4 Å². The highest BCUT2D eigenvalue weighted by Gasteiger charge is 2.08. The highest BCUT2D eigenvalue weighted by molar-refractivity contribution is 6.31. The van der Waals surface area contributed by atoms with E-state index in [1.165, 1.54) is 96.3 Å². The molecule has 0 amide bonds. The van der Waals surface area contributed by atoms with Gasteiger partial charge in [-0.25, -0.2) is 0 Å². The predicted molar refractivity (Wildman–Crippen MR) is 202 cm³/mol. The summed E-state index contributed by atoms with van der Waals surface area (Å²) in [6, 6.07) is 15.9. The van der Waals surface area contributed by atoms with Crippen molar-refractivity contribution in [2.24, 2.45) is 0 Å². The number of hydrogen-bond acceptors (Lipinski definition) is 5. The molecule has 0 saturated heterocycles. The summed E-state index contributed by atoms with van der Waals surface area (Å²) < 4.78 is 0. The Labute approximate surface area is 287 Å². The van der Waals surface area contributed by atoms with Gasteiger partial charge in [0.2, 0.25) is 0 Å². The van der Waals surface area contributed by atoms with Gasteiger partial charge in [0.1, 0.15) is 0 Å². The van der Waals surface area contributed by atoms with Crippen LogP contribution < -0.4 is 10.6 Å². The molecule has 0 atom stereocenters. The second kappa shape index (κ2) is 21.3. The van der Waals surface area contributed by atoms with Gasteiger partial charge in [-0.2, -0.15) is 0 Å².